The van der Waals surface area contributed by atoms with Gasteiger partial charge in [-0.1, -0.05) is 11.3 Å². The van der Waals surface area contributed by atoms with Crippen LogP contribution in [0, 0.1) is 0 Å². The predicted octanol–water partition coefficient (Wildman–Crippen LogP) is 2.95. The number of rotatable bonds is 4. The van der Waals surface area contributed by atoms with Gasteiger partial charge in [-0.3, -0.25) is 4.98 Å². The fraction of sp³-hybridized carbons (Fsp3) is 0.200. The second kappa shape index (κ2) is 5.46. The monoisotopic (exact) mass is 284 g/mol. The van der Waals surface area contributed by atoms with Gasteiger partial charge in [0.25, 0.3) is 0 Å². The van der Waals surface area contributed by atoms with E-state index < -0.39 is 0 Å². The van der Waals surface area contributed by atoms with Crippen LogP contribution < -0.4 is 10.6 Å². The van der Waals surface area contributed by atoms with Crippen molar-refractivity contribution in [3.63, 3.8) is 0 Å². The van der Waals surface area contributed by atoms with Crippen molar-refractivity contribution in [2.75, 3.05) is 24.2 Å². The number of hydrogen-bond acceptors (Lipinski definition) is 5. The summed E-state index contributed by atoms with van der Waals surface area (Å²) in [4.78, 5) is 10.9. The van der Waals surface area contributed by atoms with Gasteiger partial charge in [0.1, 0.15) is 0 Å². The van der Waals surface area contributed by atoms with Gasteiger partial charge in [0.05, 0.1) is 10.2 Å². The van der Waals surface area contributed by atoms with Gasteiger partial charge in [0.15, 0.2) is 5.13 Å². The summed E-state index contributed by atoms with van der Waals surface area (Å²) < 4.78 is 1.13. The molecule has 0 fully saturated rings. The van der Waals surface area contributed by atoms with Gasteiger partial charge in [-0.2, -0.15) is 0 Å². The number of likely N-dealkylation sites (N-methyl/N-ethyl adjacent to an activating group) is 1. The maximum absolute atomic E-state index is 5.80. The fourth-order valence-electron chi connectivity index (χ4n) is 2.03. The van der Waals surface area contributed by atoms with Crippen LogP contribution >= 0.6 is 11.3 Å². The molecule has 3 aromatic rings. The van der Waals surface area contributed by atoms with E-state index in [4.69, 9.17) is 5.73 Å². The Morgan fingerprint density at radius 1 is 1.20 bits per heavy atom. The summed E-state index contributed by atoms with van der Waals surface area (Å²) in [5.41, 5.74) is 8.89. The molecule has 0 unspecified atom stereocenters. The number of thiazole rings is 1. The second-order valence-electron chi connectivity index (χ2n) is 4.75. The molecule has 0 aliphatic rings. The van der Waals surface area contributed by atoms with Crippen LogP contribution in [0.3, 0.4) is 0 Å². The van der Waals surface area contributed by atoms with E-state index in [1.807, 2.05) is 42.7 Å². The smallest absolute Gasteiger partial charge is 0.186 e. The standard InChI is InChI=1S/C15H16N4S/c1-19(9-6-11-4-7-17-8-5-11)15-18-13-3-2-12(16)10-14(13)20-15/h2-5,7-8,10H,6,9,16H2,1H3. The Hall–Kier alpha value is -2.14. The van der Waals surface area contributed by atoms with Gasteiger partial charge in [0.2, 0.25) is 0 Å². The molecule has 0 saturated carbocycles. The number of nitrogens with two attached hydrogens (primary N) is 1. The van der Waals surface area contributed by atoms with Crippen molar-refractivity contribution < 1.29 is 0 Å². The lowest BCUT2D eigenvalue weighted by Gasteiger charge is -2.15. The molecule has 0 aliphatic heterocycles. The first-order valence-corrected chi connectivity index (χ1v) is 7.30. The zero-order valence-electron chi connectivity index (χ0n) is 11.3. The van der Waals surface area contributed by atoms with Crippen molar-refractivity contribution >= 4 is 32.4 Å². The van der Waals surface area contributed by atoms with Crippen molar-refractivity contribution in [3.8, 4) is 0 Å². The number of fused-ring (bicyclic) bond motifs is 1. The van der Waals surface area contributed by atoms with E-state index in [0.717, 1.165) is 34.0 Å². The van der Waals surface area contributed by atoms with E-state index >= 15 is 0 Å². The SMILES string of the molecule is CN(CCc1ccncc1)c1nc2ccc(N)cc2s1. The molecule has 0 saturated heterocycles. The molecule has 2 N–H and O–H groups in total. The molecule has 4 nitrogen and oxygen atoms in total. The summed E-state index contributed by atoms with van der Waals surface area (Å²) in [5.74, 6) is 0. The molecule has 0 amide bonds. The van der Waals surface area contributed by atoms with E-state index in [0.29, 0.717) is 0 Å². The highest BCUT2D eigenvalue weighted by Gasteiger charge is 2.08. The highest BCUT2D eigenvalue weighted by Crippen LogP contribution is 2.29. The van der Waals surface area contributed by atoms with Crippen LogP contribution in [0.5, 0.6) is 0 Å². The van der Waals surface area contributed by atoms with Gasteiger partial charge in [-0.05, 0) is 42.3 Å². The number of aromatic nitrogens is 2. The molecule has 0 spiro atoms. The van der Waals surface area contributed by atoms with Crippen molar-refractivity contribution in [2.45, 2.75) is 6.42 Å². The van der Waals surface area contributed by atoms with E-state index in [1.165, 1.54) is 5.56 Å². The lowest BCUT2D eigenvalue weighted by Crippen LogP contribution is -2.19. The minimum Gasteiger partial charge on any atom is -0.399 e. The fourth-order valence-corrected chi connectivity index (χ4v) is 3.04. The minimum absolute atomic E-state index is 0.784. The maximum Gasteiger partial charge on any atom is 0.186 e. The Balaban J connectivity index is 1.73. The summed E-state index contributed by atoms with van der Waals surface area (Å²) in [7, 11) is 2.07. The maximum atomic E-state index is 5.80. The minimum atomic E-state index is 0.784. The number of anilines is 2. The average molecular weight is 284 g/mol. The third-order valence-corrected chi connectivity index (χ3v) is 4.35. The molecule has 2 heterocycles. The number of benzene rings is 1. The number of pyridine rings is 1. The van der Waals surface area contributed by atoms with Gasteiger partial charge < -0.3 is 10.6 Å². The molecule has 3 rings (SSSR count). The quantitative estimate of drug-likeness (QED) is 0.748. The van der Waals surface area contributed by atoms with Crippen molar-refractivity contribution in [3.05, 3.63) is 48.3 Å². The first kappa shape index (κ1) is 12.9. The molecular weight excluding hydrogens is 268 g/mol. The lowest BCUT2D eigenvalue weighted by atomic mass is 10.2. The van der Waals surface area contributed by atoms with Crippen LogP contribution in [-0.4, -0.2) is 23.6 Å². The largest absolute Gasteiger partial charge is 0.399 e. The number of hydrogen-bond donors (Lipinski definition) is 1. The summed E-state index contributed by atoms with van der Waals surface area (Å²) in [5, 5.41) is 1.03. The van der Waals surface area contributed by atoms with E-state index in [2.05, 4.69) is 21.9 Å². The van der Waals surface area contributed by atoms with Crippen molar-refractivity contribution in [1.29, 1.82) is 0 Å². The first-order chi connectivity index (χ1) is 9.72. The molecular formula is C15H16N4S. The van der Waals surface area contributed by atoms with Gasteiger partial charge in [-0.25, -0.2) is 4.98 Å². The van der Waals surface area contributed by atoms with E-state index in [9.17, 15) is 0 Å². The van der Waals surface area contributed by atoms with E-state index in [1.54, 1.807) is 11.3 Å². The number of nitrogens with zero attached hydrogens (tertiary/aromatic N) is 3. The average Bonchev–Trinajstić information content (AvgIpc) is 2.89. The molecule has 0 aliphatic carbocycles. The summed E-state index contributed by atoms with van der Waals surface area (Å²) in [6, 6.07) is 9.94. The Morgan fingerprint density at radius 2 is 2.00 bits per heavy atom. The topological polar surface area (TPSA) is 55.0 Å². The summed E-state index contributed by atoms with van der Waals surface area (Å²) in [6.07, 6.45) is 4.64. The molecule has 1 aromatic carbocycles. The highest BCUT2D eigenvalue weighted by atomic mass is 32.1. The molecule has 102 valence electrons. The van der Waals surface area contributed by atoms with Gasteiger partial charge in [-0.15, -0.1) is 0 Å². The van der Waals surface area contributed by atoms with Crippen LogP contribution in [0.15, 0.2) is 42.7 Å². The molecule has 2 aromatic heterocycles. The Bertz CT molecular complexity index is 708. The van der Waals surface area contributed by atoms with Crippen LogP contribution in [0.25, 0.3) is 10.2 Å². The highest BCUT2D eigenvalue weighted by molar-refractivity contribution is 7.22. The second-order valence-corrected chi connectivity index (χ2v) is 5.76. The normalized spacial score (nSPS) is 10.8. The van der Waals surface area contributed by atoms with Crippen molar-refractivity contribution in [2.24, 2.45) is 0 Å². The predicted molar refractivity (Wildman–Crippen MR) is 85.2 cm³/mol. The third-order valence-electron chi connectivity index (χ3n) is 3.21. The Morgan fingerprint density at radius 3 is 2.80 bits per heavy atom. The Kier molecular flexibility index (Phi) is 3.52. The molecule has 20 heavy (non-hydrogen) atoms. The van der Waals surface area contributed by atoms with Crippen LogP contribution in [0.1, 0.15) is 5.56 Å². The molecule has 5 heteroatoms. The first-order valence-electron chi connectivity index (χ1n) is 6.48. The molecule has 0 radical (unpaired) electrons. The number of nitrogen functional groups attached to an aromatic ring is 1. The Labute approximate surface area is 121 Å². The van der Waals surface area contributed by atoms with Gasteiger partial charge in [0, 0.05) is 31.7 Å². The molecule has 0 bridgehead atoms. The van der Waals surface area contributed by atoms with Crippen LogP contribution in [-0.2, 0) is 6.42 Å². The van der Waals surface area contributed by atoms with Crippen LogP contribution in [0.4, 0.5) is 10.8 Å². The van der Waals surface area contributed by atoms with E-state index in [-0.39, 0.29) is 0 Å². The van der Waals surface area contributed by atoms with Gasteiger partial charge >= 0.3 is 0 Å². The molecule has 0 atom stereocenters. The zero-order valence-corrected chi connectivity index (χ0v) is 12.1. The van der Waals surface area contributed by atoms with Crippen molar-refractivity contribution in [1.82, 2.24) is 9.97 Å². The third kappa shape index (κ3) is 2.72. The zero-order chi connectivity index (χ0) is 13.9. The summed E-state index contributed by atoms with van der Waals surface area (Å²) in [6.45, 7) is 0.930. The lowest BCUT2D eigenvalue weighted by molar-refractivity contribution is 0.871. The summed E-state index contributed by atoms with van der Waals surface area (Å²) >= 11 is 1.68. The van der Waals surface area contributed by atoms with Crippen LogP contribution in [0.2, 0.25) is 0 Å².